The molecule has 0 spiro atoms. The molecule has 0 aromatic carbocycles. The average Bonchev–Trinajstić information content (AvgIpc) is 2.40. The van der Waals surface area contributed by atoms with E-state index < -0.39 is 0 Å². The summed E-state index contributed by atoms with van der Waals surface area (Å²) in [6.45, 7) is 3.35. The van der Waals surface area contributed by atoms with Gasteiger partial charge >= 0.3 is 52.4 Å². The molecule has 0 bridgehead atoms. The van der Waals surface area contributed by atoms with Gasteiger partial charge in [-0.3, -0.25) is 0 Å². The van der Waals surface area contributed by atoms with Gasteiger partial charge in [0, 0.05) is 5.88 Å². The van der Waals surface area contributed by atoms with Gasteiger partial charge in [0.2, 0.25) is 0 Å². The van der Waals surface area contributed by atoms with E-state index in [0.717, 1.165) is 0 Å². The van der Waals surface area contributed by atoms with Crippen LogP contribution in [0, 0.1) is 0 Å². The maximum absolute atomic E-state index is 5.07. The summed E-state index contributed by atoms with van der Waals surface area (Å²) in [5.41, 5.74) is 0. The Balaban J connectivity index is 0.000000180. The van der Waals surface area contributed by atoms with Gasteiger partial charge in [0.15, 0.2) is 0 Å². The van der Waals surface area contributed by atoms with E-state index >= 15 is 0 Å². The molecular weight excluding hydrogens is 310 g/mol. The topological polar surface area (TPSA) is 0 Å². The number of hydrogen-bond donors (Lipinski definition) is 0. The zero-order valence-corrected chi connectivity index (χ0v) is 10.2. The molecule has 1 rings (SSSR count). The van der Waals surface area contributed by atoms with Crippen LogP contribution in [-0.2, 0) is 24.4 Å². The first-order chi connectivity index (χ1) is 4.81. The van der Waals surface area contributed by atoms with Crippen molar-refractivity contribution in [1.29, 1.82) is 0 Å². The molecular formula is C8H10ClHf. The summed E-state index contributed by atoms with van der Waals surface area (Å²) in [7, 11) is 0. The van der Waals surface area contributed by atoms with Crippen LogP contribution in [0.15, 0.2) is 34.2 Å². The number of hydrogen-bond acceptors (Lipinski definition) is 0. The molecule has 0 nitrogen and oxygen atoms in total. The summed E-state index contributed by atoms with van der Waals surface area (Å²) >= 11 is 6.32. The fourth-order valence-electron chi connectivity index (χ4n) is 0.447. The normalized spacial score (nSPS) is 13.4. The van der Waals surface area contributed by atoms with Crippen molar-refractivity contribution in [2.24, 2.45) is 0 Å². The molecule has 0 amide bonds. The zero-order valence-electron chi connectivity index (χ0n) is 5.81. The predicted molar refractivity (Wildman–Crippen MR) is 42.8 cm³/mol. The Hall–Kier alpha value is 0.380. The Morgan fingerprint density at radius 1 is 1.80 bits per heavy atom. The number of allylic oxidation sites excluding steroid dienone is 5. The van der Waals surface area contributed by atoms with Crippen LogP contribution in [-0.4, -0.2) is 5.88 Å². The van der Waals surface area contributed by atoms with Gasteiger partial charge in [-0.15, -0.1) is 18.2 Å². The van der Waals surface area contributed by atoms with Crippen molar-refractivity contribution in [3.63, 3.8) is 0 Å². The van der Waals surface area contributed by atoms with Crippen LogP contribution in [0.5, 0.6) is 0 Å². The van der Waals surface area contributed by atoms with E-state index in [1.807, 2.05) is 0 Å². The summed E-state index contributed by atoms with van der Waals surface area (Å²) in [6, 6.07) is 0. The molecule has 0 heterocycles. The second-order valence-electron chi connectivity index (χ2n) is 1.77. The first-order valence-electron chi connectivity index (χ1n) is 3.05. The van der Waals surface area contributed by atoms with E-state index in [-0.39, 0.29) is 0 Å². The van der Waals surface area contributed by atoms with E-state index in [9.17, 15) is 0 Å². The van der Waals surface area contributed by atoms with Gasteiger partial charge in [-0.2, -0.15) is 0 Å². The third-order valence-corrected chi connectivity index (χ3v) is 2.43. The van der Waals surface area contributed by atoms with Gasteiger partial charge in [0.25, 0.3) is 0 Å². The molecule has 10 heavy (non-hydrogen) atoms. The zero-order chi connectivity index (χ0) is 7.82. The van der Waals surface area contributed by atoms with Crippen LogP contribution in [0.4, 0.5) is 0 Å². The van der Waals surface area contributed by atoms with Gasteiger partial charge < -0.3 is 0 Å². The van der Waals surface area contributed by atoms with Crippen LogP contribution in [0.2, 0.25) is 0 Å². The van der Waals surface area contributed by atoms with Crippen LogP contribution in [0.1, 0.15) is 6.42 Å². The molecule has 1 aliphatic rings. The van der Waals surface area contributed by atoms with Crippen molar-refractivity contribution < 1.29 is 24.4 Å². The summed E-state index contributed by atoms with van der Waals surface area (Å²) in [4.78, 5) is 0. The molecule has 0 saturated heterocycles. The Labute approximate surface area is 82.2 Å². The molecule has 0 aromatic heterocycles. The Morgan fingerprint density at radius 3 is 2.50 bits per heavy atom. The molecule has 0 N–H and O–H groups in total. The minimum atomic E-state index is 0.556. The third-order valence-electron chi connectivity index (χ3n) is 0.880. The predicted octanol–water partition coefficient (Wildman–Crippen LogP) is 2.79. The molecule has 53 valence electrons. The standard InChI is InChI=1S/C5H5.C3H5Cl.Hf/c1-2-4-5-3-1;1-2-3-4;/h1-3H,4H2;2H,1,3H2;. The number of rotatable bonds is 1. The second kappa shape index (κ2) is 7.49. The minimum absolute atomic E-state index is 0.556. The summed E-state index contributed by atoms with van der Waals surface area (Å²) in [5.74, 6) is 0.556. The number of alkyl halides is 1. The van der Waals surface area contributed by atoms with Crippen molar-refractivity contribution in [1.82, 2.24) is 0 Å². The van der Waals surface area contributed by atoms with Crippen LogP contribution < -0.4 is 0 Å². The molecule has 0 aromatic rings. The monoisotopic (exact) mass is 321 g/mol. The van der Waals surface area contributed by atoms with E-state index in [4.69, 9.17) is 11.6 Å². The summed E-state index contributed by atoms with van der Waals surface area (Å²) < 4.78 is 1.61. The maximum atomic E-state index is 5.07. The summed E-state index contributed by atoms with van der Waals surface area (Å²) in [6.07, 6.45) is 9.39. The van der Waals surface area contributed by atoms with Gasteiger partial charge in [0.05, 0.1) is 0 Å². The first-order valence-corrected chi connectivity index (χ1v) is 5.38. The fourth-order valence-corrected chi connectivity index (χ4v) is 1.22. The Morgan fingerprint density at radius 2 is 2.40 bits per heavy atom. The van der Waals surface area contributed by atoms with Gasteiger partial charge in [0.1, 0.15) is 0 Å². The van der Waals surface area contributed by atoms with Crippen molar-refractivity contribution in [2.45, 2.75) is 6.42 Å². The molecule has 2 heteroatoms. The molecule has 0 radical (unpaired) electrons. The van der Waals surface area contributed by atoms with Gasteiger partial charge in [-0.05, 0) is 0 Å². The van der Waals surface area contributed by atoms with Gasteiger partial charge in [-0.25, -0.2) is 0 Å². The van der Waals surface area contributed by atoms with Crippen molar-refractivity contribution in [3.8, 4) is 0 Å². The Bertz CT molecular complexity index is 147. The Kier molecular flexibility index (Phi) is 7.77. The fraction of sp³-hybridized carbons (Fsp3) is 0.250. The quantitative estimate of drug-likeness (QED) is 0.396. The molecule has 0 saturated carbocycles. The molecule has 0 atom stereocenters. The first kappa shape index (κ1) is 10.4. The summed E-state index contributed by atoms with van der Waals surface area (Å²) in [5, 5.41) is 0. The van der Waals surface area contributed by atoms with Crippen molar-refractivity contribution >= 4 is 11.6 Å². The van der Waals surface area contributed by atoms with Crippen molar-refractivity contribution in [3.05, 3.63) is 34.2 Å². The van der Waals surface area contributed by atoms with Crippen molar-refractivity contribution in [2.75, 3.05) is 5.88 Å². The molecule has 1 aliphatic carbocycles. The van der Waals surface area contributed by atoms with Crippen LogP contribution >= 0.6 is 11.6 Å². The number of halogens is 1. The second-order valence-corrected chi connectivity index (χ2v) is 4.38. The molecule has 0 aliphatic heterocycles. The molecule has 0 unspecified atom stereocenters. The SMILES string of the molecule is C=CCCl.[Hf][C]1=CC=CC1. The van der Waals surface area contributed by atoms with E-state index in [1.165, 1.54) is 30.8 Å². The van der Waals surface area contributed by atoms with Crippen LogP contribution in [0.25, 0.3) is 0 Å². The van der Waals surface area contributed by atoms with E-state index in [0.29, 0.717) is 5.88 Å². The van der Waals surface area contributed by atoms with Gasteiger partial charge in [-0.1, -0.05) is 6.08 Å². The average molecular weight is 320 g/mol. The van der Waals surface area contributed by atoms with E-state index in [1.54, 1.807) is 9.41 Å². The third kappa shape index (κ3) is 6.50. The van der Waals surface area contributed by atoms with E-state index in [2.05, 4.69) is 24.8 Å². The van der Waals surface area contributed by atoms with Crippen LogP contribution in [0.3, 0.4) is 0 Å². The molecule has 0 fully saturated rings.